The lowest BCUT2D eigenvalue weighted by Gasteiger charge is -2.11. The van der Waals surface area contributed by atoms with E-state index in [1.54, 1.807) is 6.33 Å². The molecule has 0 aliphatic carbocycles. The van der Waals surface area contributed by atoms with Crippen LogP contribution in [0.25, 0.3) is 11.4 Å². The van der Waals surface area contributed by atoms with Crippen LogP contribution in [0.4, 0.5) is 5.69 Å². The molecule has 2 aromatic carbocycles. The summed E-state index contributed by atoms with van der Waals surface area (Å²) < 4.78 is 2.02. The van der Waals surface area contributed by atoms with Crippen molar-refractivity contribution < 1.29 is 5.11 Å². The summed E-state index contributed by atoms with van der Waals surface area (Å²) in [6.45, 7) is 1.15. The first-order valence-corrected chi connectivity index (χ1v) is 8.30. The molecular weight excluding hydrogens is 324 g/mol. The Hall–Kier alpha value is -2.37. The molecule has 3 aromatic rings. The minimum absolute atomic E-state index is 0.216. The third-order valence-corrected chi connectivity index (χ3v) is 4.03. The quantitative estimate of drug-likeness (QED) is 0.648. The molecule has 5 nitrogen and oxygen atoms in total. The Kier molecular flexibility index (Phi) is 5.46. The maximum Gasteiger partial charge on any atom is 0.164 e. The van der Waals surface area contributed by atoms with Crippen molar-refractivity contribution in [2.75, 3.05) is 17.7 Å². The molecule has 0 saturated heterocycles. The fourth-order valence-corrected chi connectivity index (χ4v) is 2.51. The van der Waals surface area contributed by atoms with Gasteiger partial charge in [-0.05, 0) is 29.8 Å². The molecule has 0 bridgehead atoms. The average molecular weight is 343 g/mol. The van der Waals surface area contributed by atoms with Gasteiger partial charge in [-0.1, -0.05) is 30.3 Å². The maximum absolute atomic E-state index is 9.48. The molecule has 0 radical (unpaired) electrons. The number of aliphatic hydroxyl groups is 1. The highest BCUT2D eigenvalue weighted by molar-refractivity contribution is 6.18. The van der Waals surface area contributed by atoms with E-state index in [-0.39, 0.29) is 5.88 Å². The summed E-state index contributed by atoms with van der Waals surface area (Å²) in [7, 11) is 0. The number of nitrogens with zero attached hydrogens (tertiary/aromatic N) is 3. The van der Waals surface area contributed by atoms with Gasteiger partial charge in [0.05, 0.1) is 18.5 Å². The molecule has 1 heterocycles. The van der Waals surface area contributed by atoms with Gasteiger partial charge >= 0.3 is 0 Å². The van der Waals surface area contributed by atoms with Crippen LogP contribution in [0.1, 0.15) is 5.56 Å². The largest absolute Gasteiger partial charge is 0.390 e. The van der Waals surface area contributed by atoms with Crippen LogP contribution in [0.3, 0.4) is 0 Å². The molecular formula is C18H19ClN4O. The van der Waals surface area contributed by atoms with E-state index < -0.39 is 6.10 Å². The summed E-state index contributed by atoms with van der Waals surface area (Å²) in [5.74, 6) is 1.04. The lowest BCUT2D eigenvalue weighted by molar-refractivity contribution is 0.211. The molecule has 0 saturated carbocycles. The topological polar surface area (TPSA) is 63.0 Å². The second kappa shape index (κ2) is 7.95. The summed E-state index contributed by atoms with van der Waals surface area (Å²) in [4.78, 5) is 0. The number of aromatic nitrogens is 3. The van der Waals surface area contributed by atoms with Gasteiger partial charge in [0, 0.05) is 17.8 Å². The average Bonchev–Trinajstić information content (AvgIpc) is 3.09. The first-order chi connectivity index (χ1) is 11.8. The van der Waals surface area contributed by atoms with E-state index in [2.05, 4.69) is 27.6 Å². The van der Waals surface area contributed by atoms with Crippen molar-refractivity contribution >= 4 is 17.3 Å². The minimum atomic E-state index is -0.555. The van der Waals surface area contributed by atoms with E-state index in [0.29, 0.717) is 6.54 Å². The van der Waals surface area contributed by atoms with Gasteiger partial charge in [0.1, 0.15) is 6.33 Å². The fourth-order valence-electron chi connectivity index (χ4n) is 2.40. The summed E-state index contributed by atoms with van der Waals surface area (Å²) in [5, 5.41) is 20.9. The van der Waals surface area contributed by atoms with E-state index in [9.17, 15) is 5.11 Å². The summed E-state index contributed by atoms with van der Waals surface area (Å²) in [5.41, 5.74) is 3.12. The van der Waals surface area contributed by atoms with Crippen LogP contribution in [0.2, 0.25) is 0 Å². The number of alkyl halides is 1. The molecule has 2 N–H and O–H groups in total. The van der Waals surface area contributed by atoms with Crippen molar-refractivity contribution in [3.8, 4) is 11.4 Å². The standard InChI is InChI=1S/C18H19ClN4O/c19-10-17(24)11-20-16-8-6-15(7-9-16)18-22-21-13-23(18)12-14-4-2-1-3-5-14/h1-9,13,17,20,24H,10-12H2. The zero-order valence-corrected chi connectivity index (χ0v) is 13.9. The smallest absolute Gasteiger partial charge is 0.164 e. The van der Waals surface area contributed by atoms with Crippen LogP contribution >= 0.6 is 11.6 Å². The van der Waals surface area contributed by atoms with Crippen molar-refractivity contribution in [2.24, 2.45) is 0 Å². The first-order valence-electron chi connectivity index (χ1n) is 7.76. The van der Waals surface area contributed by atoms with Crippen molar-refractivity contribution in [3.63, 3.8) is 0 Å². The van der Waals surface area contributed by atoms with Crippen LogP contribution < -0.4 is 5.32 Å². The zero-order chi connectivity index (χ0) is 16.8. The number of halogens is 1. The summed E-state index contributed by atoms with van der Waals surface area (Å²) in [6, 6.07) is 18.1. The molecule has 0 amide bonds. The maximum atomic E-state index is 9.48. The van der Waals surface area contributed by atoms with Gasteiger partial charge in [0.2, 0.25) is 0 Å². The highest BCUT2D eigenvalue weighted by Gasteiger charge is 2.08. The van der Waals surface area contributed by atoms with Crippen LogP contribution in [0, 0.1) is 0 Å². The van der Waals surface area contributed by atoms with Crippen molar-refractivity contribution in [1.29, 1.82) is 0 Å². The molecule has 1 aromatic heterocycles. The van der Waals surface area contributed by atoms with E-state index in [0.717, 1.165) is 23.6 Å². The van der Waals surface area contributed by atoms with Gasteiger partial charge < -0.3 is 15.0 Å². The van der Waals surface area contributed by atoms with Gasteiger partial charge in [-0.3, -0.25) is 0 Å². The van der Waals surface area contributed by atoms with Crippen molar-refractivity contribution in [3.05, 3.63) is 66.5 Å². The second-order valence-electron chi connectivity index (χ2n) is 5.53. The van der Waals surface area contributed by atoms with Crippen molar-refractivity contribution in [2.45, 2.75) is 12.6 Å². The number of benzene rings is 2. The van der Waals surface area contributed by atoms with Gasteiger partial charge in [-0.15, -0.1) is 21.8 Å². The Morgan fingerprint density at radius 2 is 1.83 bits per heavy atom. The van der Waals surface area contributed by atoms with Gasteiger partial charge in [0.25, 0.3) is 0 Å². The number of anilines is 1. The van der Waals surface area contributed by atoms with Gasteiger partial charge in [-0.2, -0.15) is 0 Å². The molecule has 124 valence electrons. The Bertz CT molecular complexity index is 758. The Balaban J connectivity index is 1.72. The van der Waals surface area contributed by atoms with Crippen LogP contribution in [-0.2, 0) is 6.54 Å². The molecule has 3 rings (SSSR count). The Labute approximate surface area is 145 Å². The van der Waals surface area contributed by atoms with Crippen LogP contribution in [0.5, 0.6) is 0 Å². The first kappa shape index (κ1) is 16.5. The van der Waals surface area contributed by atoms with Crippen LogP contribution in [0.15, 0.2) is 60.9 Å². The Morgan fingerprint density at radius 3 is 2.54 bits per heavy atom. The summed E-state index contributed by atoms with van der Waals surface area (Å²) >= 11 is 5.59. The van der Waals surface area contributed by atoms with E-state index in [4.69, 9.17) is 11.6 Å². The zero-order valence-electron chi connectivity index (χ0n) is 13.1. The second-order valence-corrected chi connectivity index (χ2v) is 5.84. The van der Waals surface area contributed by atoms with Crippen molar-refractivity contribution in [1.82, 2.24) is 14.8 Å². The predicted octanol–water partition coefficient (Wildman–Crippen LogP) is 3.01. The van der Waals surface area contributed by atoms with Gasteiger partial charge in [0.15, 0.2) is 5.82 Å². The number of aliphatic hydroxyl groups excluding tert-OH is 1. The molecule has 0 aliphatic rings. The molecule has 1 atom stereocenters. The predicted molar refractivity (Wildman–Crippen MR) is 96.2 cm³/mol. The third kappa shape index (κ3) is 4.13. The molecule has 0 fully saturated rings. The van der Waals surface area contributed by atoms with Crippen LogP contribution in [-0.4, -0.2) is 38.4 Å². The molecule has 0 spiro atoms. The normalized spacial score (nSPS) is 12.1. The monoisotopic (exact) mass is 342 g/mol. The number of rotatable bonds is 7. The number of hydrogen-bond acceptors (Lipinski definition) is 4. The molecule has 24 heavy (non-hydrogen) atoms. The molecule has 1 unspecified atom stereocenters. The Morgan fingerprint density at radius 1 is 1.08 bits per heavy atom. The fraction of sp³-hybridized carbons (Fsp3) is 0.222. The lowest BCUT2D eigenvalue weighted by atomic mass is 10.1. The van der Waals surface area contributed by atoms with E-state index >= 15 is 0 Å². The highest BCUT2D eigenvalue weighted by Crippen LogP contribution is 2.20. The third-order valence-electron chi connectivity index (χ3n) is 3.67. The molecule has 0 aliphatic heterocycles. The lowest BCUT2D eigenvalue weighted by Crippen LogP contribution is -2.20. The minimum Gasteiger partial charge on any atom is -0.390 e. The van der Waals surface area contributed by atoms with Gasteiger partial charge in [-0.25, -0.2) is 0 Å². The van der Waals surface area contributed by atoms with E-state index in [1.807, 2.05) is 47.0 Å². The number of hydrogen-bond donors (Lipinski definition) is 2. The highest BCUT2D eigenvalue weighted by atomic mass is 35.5. The van der Waals surface area contributed by atoms with E-state index in [1.165, 1.54) is 5.56 Å². The SMILES string of the molecule is OC(CCl)CNc1ccc(-c2nncn2Cc2ccccc2)cc1. The number of nitrogens with one attached hydrogen (secondary N) is 1. The summed E-state index contributed by atoms with van der Waals surface area (Å²) in [6.07, 6.45) is 1.19. The molecule has 6 heteroatoms.